The number of hydrogen-bond donors (Lipinski definition) is 1. The number of aryl methyl sites for hydroxylation is 1. The molecule has 0 aliphatic heterocycles. The lowest BCUT2D eigenvalue weighted by atomic mass is 10.1. The van der Waals surface area contributed by atoms with E-state index in [2.05, 4.69) is 34.5 Å². The zero-order valence-electron chi connectivity index (χ0n) is 12.4. The second kappa shape index (κ2) is 7.98. The molecule has 0 fully saturated rings. The predicted octanol–water partition coefficient (Wildman–Crippen LogP) is 4.35. The van der Waals surface area contributed by atoms with Crippen LogP contribution in [0.3, 0.4) is 0 Å². The van der Waals surface area contributed by atoms with Crippen molar-refractivity contribution in [2.24, 2.45) is 0 Å². The third-order valence-corrected chi connectivity index (χ3v) is 3.83. The van der Waals surface area contributed by atoms with E-state index in [-0.39, 0.29) is 12.5 Å². The molecular formula is C18H18INO2. The first kappa shape index (κ1) is 16.5. The highest BCUT2D eigenvalue weighted by Crippen LogP contribution is 2.20. The standard InChI is InChI=1S/C18H18INO2/c1-3-6-14-7-4-5-8-17(14)22-12-18(21)20-16-10-9-15(19)11-13(16)2/h3-5,7-11H,1,6,12H2,2H3,(H,20,21). The topological polar surface area (TPSA) is 38.3 Å². The highest BCUT2D eigenvalue weighted by atomic mass is 127. The Balaban J connectivity index is 1.97. The second-order valence-electron chi connectivity index (χ2n) is 4.90. The van der Waals surface area contributed by atoms with Crippen LogP contribution in [0.25, 0.3) is 0 Å². The van der Waals surface area contributed by atoms with E-state index in [9.17, 15) is 4.79 Å². The van der Waals surface area contributed by atoms with E-state index in [1.165, 1.54) is 0 Å². The van der Waals surface area contributed by atoms with Gasteiger partial charge in [-0.05, 0) is 71.3 Å². The number of allylic oxidation sites excluding steroid dienone is 1. The Morgan fingerprint density at radius 2 is 2.09 bits per heavy atom. The summed E-state index contributed by atoms with van der Waals surface area (Å²) < 4.78 is 6.77. The number of carbonyl (C=O) groups excluding carboxylic acids is 1. The lowest BCUT2D eigenvalue weighted by molar-refractivity contribution is -0.118. The zero-order chi connectivity index (χ0) is 15.9. The SMILES string of the molecule is C=CCc1ccccc1OCC(=O)Nc1ccc(I)cc1C. The molecule has 0 aliphatic carbocycles. The van der Waals surface area contributed by atoms with Crippen molar-refractivity contribution >= 4 is 34.2 Å². The van der Waals surface area contributed by atoms with Crippen LogP contribution < -0.4 is 10.1 Å². The monoisotopic (exact) mass is 407 g/mol. The third-order valence-electron chi connectivity index (χ3n) is 3.16. The Hall–Kier alpha value is -1.82. The van der Waals surface area contributed by atoms with Gasteiger partial charge in [-0.25, -0.2) is 0 Å². The molecule has 2 aromatic carbocycles. The van der Waals surface area contributed by atoms with Crippen molar-refractivity contribution in [3.63, 3.8) is 0 Å². The molecule has 0 saturated heterocycles. The van der Waals surface area contributed by atoms with Crippen LogP contribution in [0, 0.1) is 10.5 Å². The minimum absolute atomic E-state index is 0.0143. The van der Waals surface area contributed by atoms with Gasteiger partial charge in [0.15, 0.2) is 6.61 Å². The number of hydrogen-bond acceptors (Lipinski definition) is 2. The highest BCUT2D eigenvalue weighted by Gasteiger charge is 2.08. The number of benzene rings is 2. The van der Waals surface area contributed by atoms with Gasteiger partial charge in [-0.1, -0.05) is 24.3 Å². The van der Waals surface area contributed by atoms with Crippen LogP contribution in [0.4, 0.5) is 5.69 Å². The third kappa shape index (κ3) is 4.59. The summed E-state index contributed by atoms with van der Waals surface area (Å²) in [7, 11) is 0. The van der Waals surface area contributed by atoms with Gasteiger partial charge in [-0.3, -0.25) is 4.79 Å². The molecule has 0 radical (unpaired) electrons. The Morgan fingerprint density at radius 3 is 2.82 bits per heavy atom. The fraction of sp³-hybridized carbons (Fsp3) is 0.167. The maximum Gasteiger partial charge on any atom is 0.262 e. The lowest BCUT2D eigenvalue weighted by Gasteiger charge is -2.12. The fourth-order valence-electron chi connectivity index (χ4n) is 2.07. The number of para-hydroxylation sites is 1. The maximum atomic E-state index is 12.0. The molecular weight excluding hydrogens is 389 g/mol. The summed E-state index contributed by atoms with van der Waals surface area (Å²) >= 11 is 2.25. The van der Waals surface area contributed by atoms with Crippen molar-refractivity contribution in [2.75, 3.05) is 11.9 Å². The van der Waals surface area contributed by atoms with Gasteiger partial charge in [0, 0.05) is 9.26 Å². The van der Waals surface area contributed by atoms with E-state index >= 15 is 0 Å². The van der Waals surface area contributed by atoms with Crippen LogP contribution in [0.15, 0.2) is 55.1 Å². The predicted molar refractivity (Wildman–Crippen MR) is 98.4 cm³/mol. The van der Waals surface area contributed by atoms with Crippen molar-refractivity contribution in [2.45, 2.75) is 13.3 Å². The van der Waals surface area contributed by atoms with Gasteiger partial charge in [0.25, 0.3) is 5.91 Å². The van der Waals surface area contributed by atoms with Crippen LogP contribution in [-0.2, 0) is 11.2 Å². The molecule has 0 heterocycles. The Bertz CT molecular complexity index is 683. The average Bonchev–Trinajstić information content (AvgIpc) is 2.49. The molecule has 0 atom stereocenters. The largest absolute Gasteiger partial charge is 0.483 e. The number of nitrogens with one attached hydrogen (secondary N) is 1. The van der Waals surface area contributed by atoms with Crippen molar-refractivity contribution in [1.29, 1.82) is 0 Å². The van der Waals surface area contributed by atoms with Gasteiger partial charge < -0.3 is 10.1 Å². The first-order chi connectivity index (χ1) is 10.6. The van der Waals surface area contributed by atoms with Gasteiger partial charge in [0.2, 0.25) is 0 Å². The molecule has 114 valence electrons. The maximum absolute atomic E-state index is 12.0. The number of ether oxygens (including phenoxy) is 1. The molecule has 2 aromatic rings. The van der Waals surface area contributed by atoms with Crippen LogP contribution in [0.2, 0.25) is 0 Å². The molecule has 2 rings (SSSR count). The molecule has 0 saturated carbocycles. The molecule has 0 aromatic heterocycles. The van der Waals surface area contributed by atoms with Gasteiger partial charge in [-0.2, -0.15) is 0 Å². The van der Waals surface area contributed by atoms with Crippen LogP contribution in [0.5, 0.6) is 5.75 Å². The first-order valence-corrected chi connectivity index (χ1v) is 8.05. The van der Waals surface area contributed by atoms with E-state index in [0.717, 1.165) is 26.1 Å². The van der Waals surface area contributed by atoms with Crippen molar-refractivity contribution in [1.82, 2.24) is 0 Å². The molecule has 0 spiro atoms. The van der Waals surface area contributed by atoms with E-state index in [1.807, 2.05) is 55.5 Å². The molecule has 3 nitrogen and oxygen atoms in total. The number of amides is 1. The summed E-state index contributed by atoms with van der Waals surface area (Å²) in [6.07, 6.45) is 2.53. The minimum atomic E-state index is -0.169. The minimum Gasteiger partial charge on any atom is -0.483 e. The van der Waals surface area contributed by atoms with E-state index in [0.29, 0.717) is 6.42 Å². The highest BCUT2D eigenvalue weighted by molar-refractivity contribution is 14.1. The molecule has 0 bridgehead atoms. The summed E-state index contributed by atoms with van der Waals surface area (Å²) in [6.45, 7) is 5.69. The summed E-state index contributed by atoms with van der Waals surface area (Å²) in [5.41, 5.74) is 2.87. The van der Waals surface area contributed by atoms with E-state index < -0.39 is 0 Å². The Morgan fingerprint density at radius 1 is 1.32 bits per heavy atom. The molecule has 1 N–H and O–H groups in total. The molecule has 4 heteroatoms. The van der Waals surface area contributed by atoms with Crippen molar-refractivity contribution in [3.8, 4) is 5.75 Å². The number of halogens is 1. The molecule has 0 unspecified atom stereocenters. The number of carbonyl (C=O) groups is 1. The second-order valence-corrected chi connectivity index (χ2v) is 6.14. The summed E-state index contributed by atoms with van der Waals surface area (Å²) in [4.78, 5) is 12.0. The Labute approximate surface area is 144 Å². The van der Waals surface area contributed by atoms with Crippen LogP contribution in [0.1, 0.15) is 11.1 Å². The van der Waals surface area contributed by atoms with Gasteiger partial charge in [0.05, 0.1) is 0 Å². The normalized spacial score (nSPS) is 10.1. The summed E-state index contributed by atoms with van der Waals surface area (Å²) in [5.74, 6) is 0.551. The Kier molecular flexibility index (Phi) is 6.00. The smallest absolute Gasteiger partial charge is 0.262 e. The summed E-state index contributed by atoms with van der Waals surface area (Å²) in [5, 5.41) is 2.87. The van der Waals surface area contributed by atoms with Crippen molar-refractivity contribution in [3.05, 3.63) is 69.8 Å². The van der Waals surface area contributed by atoms with E-state index in [1.54, 1.807) is 0 Å². The van der Waals surface area contributed by atoms with Gasteiger partial charge in [-0.15, -0.1) is 6.58 Å². The van der Waals surface area contributed by atoms with Gasteiger partial charge in [0.1, 0.15) is 5.75 Å². The lowest BCUT2D eigenvalue weighted by Crippen LogP contribution is -2.21. The average molecular weight is 407 g/mol. The quantitative estimate of drug-likeness (QED) is 0.572. The first-order valence-electron chi connectivity index (χ1n) is 6.97. The molecule has 22 heavy (non-hydrogen) atoms. The van der Waals surface area contributed by atoms with Crippen molar-refractivity contribution < 1.29 is 9.53 Å². The zero-order valence-corrected chi connectivity index (χ0v) is 14.6. The van der Waals surface area contributed by atoms with E-state index in [4.69, 9.17) is 4.74 Å². The fourth-order valence-corrected chi connectivity index (χ4v) is 2.71. The number of rotatable bonds is 6. The summed E-state index contributed by atoms with van der Waals surface area (Å²) in [6, 6.07) is 13.6. The van der Waals surface area contributed by atoms with Crippen LogP contribution in [-0.4, -0.2) is 12.5 Å². The number of anilines is 1. The van der Waals surface area contributed by atoms with Crippen LogP contribution >= 0.6 is 22.6 Å². The molecule has 0 aliphatic rings. The van der Waals surface area contributed by atoms with Gasteiger partial charge >= 0.3 is 0 Å². The molecule has 1 amide bonds.